The molecule has 2 fully saturated rings. The zero-order valence-electron chi connectivity index (χ0n) is 13.4. The highest BCUT2D eigenvalue weighted by molar-refractivity contribution is 6.05. The zero-order chi connectivity index (χ0) is 16.7. The van der Waals surface area contributed by atoms with Gasteiger partial charge in [-0.25, -0.2) is 0 Å². The molecule has 7 heteroatoms. The molecule has 0 radical (unpaired) electrons. The van der Waals surface area contributed by atoms with Crippen molar-refractivity contribution in [2.45, 2.75) is 25.4 Å². The van der Waals surface area contributed by atoms with Crippen molar-refractivity contribution in [3.63, 3.8) is 0 Å². The van der Waals surface area contributed by atoms with E-state index in [0.29, 0.717) is 18.5 Å². The Labute approximate surface area is 140 Å². The monoisotopic (exact) mass is 328 g/mol. The number of amides is 3. The number of hydrogen-bond donors (Lipinski definition) is 2. The average molecular weight is 328 g/mol. The van der Waals surface area contributed by atoms with Crippen LogP contribution in [-0.4, -0.2) is 54.8 Å². The molecular formula is C17H20N4O3. The lowest BCUT2D eigenvalue weighted by molar-refractivity contribution is -0.136. The minimum absolute atomic E-state index is 0.114. The van der Waals surface area contributed by atoms with Crippen LogP contribution < -0.4 is 15.5 Å². The fourth-order valence-electron chi connectivity index (χ4n) is 3.66. The van der Waals surface area contributed by atoms with Gasteiger partial charge in [-0.05, 0) is 24.1 Å². The SMILES string of the molecule is O=C1CCC(N2Cc3ccc(N4CCNCC4)cc3C2=O)C(=O)N1. The van der Waals surface area contributed by atoms with E-state index in [1.807, 2.05) is 18.2 Å². The number of carbonyl (C=O) groups is 3. The number of rotatable bonds is 2. The molecule has 1 aromatic rings. The van der Waals surface area contributed by atoms with Crippen LogP contribution in [0.1, 0.15) is 28.8 Å². The van der Waals surface area contributed by atoms with Crippen molar-refractivity contribution < 1.29 is 14.4 Å². The Balaban J connectivity index is 1.56. The van der Waals surface area contributed by atoms with Crippen molar-refractivity contribution >= 4 is 23.4 Å². The molecule has 1 aromatic carbocycles. The molecule has 2 saturated heterocycles. The molecule has 1 unspecified atom stereocenters. The van der Waals surface area contributed by atoms with Gasteiger partial charge in [0.1, 0.15) is 6.04 Å². The largest absolute Gasteiger partial charge is 0.369 e. The summed E-state index contributed by atoms with van der Waals surface area (Å²) in [6.07, 6.45) is 0.678. The Morgan fingerprint density at radius 2 is 1.88 bits per heavy atom. The zero-order valence-corrected chi connectivity index (χ0v) is 13.4. The molecule has 0 spiro atoms. The number of piperazine rings is 1. The smallest absolute Gasteiger partial charge is 0.255 e. The van der Waals surface area contributed by atoms with Crippen LogP contribution in [0, 0.1) is 0 Å². The topological polar surface area (TPSA) is 81.8 Å². The number of nitrogens with one attached hydrogen (secondary N) is 2. The summed E-state index contributed by atoms with van der Waals surface area (Å²) in [5.41, 5.74) is 2.67. The van der Waals surface area contributed by atoms with Crippen molar-refractivity contribution in [3.05, 3.63) is 29.3 Å². The van der Waals surface area contributed by atoms with Crippen LogP contribution in [0.15, 0.2) is 18.2 Å². The molecule has 0 aliphatic carbocycles. The molecule has 0 aromatic heterocycles. The van der Waals surface area contributed by atoms with Crippen LogP contribution >= 0.6 is 0 Å². The van der Waals surface area contributed by atoms with Crippen LogP contribution in [0.3, 0.4) is 0 Å². The lowest BCUT2D eigenvalue weighted by Crippen LogP contribution is -2.52. The Hall–Kier alpha value is -2.41. The van der Waals surface area contributed by atoms with Gasteiger partial charge in [0.2, 0.25) is 11.8 Å². The number of carbonyl (C=O) groups excluding carboxylic acids is 3. The van der Waals surface area contributed by atoms with Gasteiger partial charge in [0, 0.05) is 50.4 Å². The highest BCUT2D eigenvalue weighted by atomic mass is 16.2. The van der Waals surface area contributed by atoms with Crippen LogP contribution in [-0.2, 0) is 16.1 Å². The first-order chi connectivity index (χ1) is 11.6. The molecule has 24 heavy (non-hydrogen) atoms. The number of imide groups is 1. The normalized spacial score (nSPS) is 24.2. The number of benzene rings is 1. The lowest BCUT2D eigenvalue weighted by atomic mass is 10.0. The highest BCUT2D eigenvalue weighted by Gasteiger charge is 2.39. The highest BCUT2D eigenvalue weighted by Crippen LogP contribution is 2.30. The number of anilines is 1. The predicted molar refractivity (Wildman–Crippen MR) is 87.6 cm³/mol. The third-order valence-corrected chi connectivity index (χ3v) is 4.99. The van der Waals surface area contributed by atoms with Crippen LogP contribution in [0.5, 0.6) is 0 Å². The van der Waals surface area contributed by atoms with Crippen molar-refractivity contribution in [1.82, 2.24) is 15.5 Å². The van der Waals surface area contributed by atoms with E-state index in [-0.39, 0.29) is 24.1 Å². The molecule has 4 rings (SSSR count). The van der Waals surface area contributed by atoms with Gasteiger partial charge in [0.25, 0.3) is 5.91 Å². The second-order valence-corrected chi connectivity index (χ2v) is 6.48. The number of nitrogens with zero attached hydrogens (tertiary/aromatic N) is 2. The molecule has 3 heterocycles. The van der Waals surface area contributed by atoms with E-state index in [2.05, 4.69) is 15.5 Å². The van der Waals surface area contributed by atoms with Crippen molar-refractivity contribution in [2.24, 2.45) is 0 Å². The summed E-state index contributed by atoms with van der Waals surface area (Å²) in [6.45, 7) is 4.15. The van der Waals surface area contributed by atoms with Crippen molar-refractivity contribution in [1.29, 1.82) is 0 Å². The minimum atomic E-state index is -0.551. The Kier molecular flexibility index (Phi) is 3.72. The van der Waals surface area contributed by atoms with Gasteiger partial charge >= 0.3 is 0 Å². The Morgan fingerprint density at radius 1 is 1.08 bits per heavy atom. The second kappa shape index (κ2) is 5.90. The van der Waals surface area contributed by atoms with Crippen LogP contribution in [0.4, 0.5) is 5.69 Å². The third-order valence-electron chi connectivity index (χ3n) is 4.99. The molecule has 0 bridgehead atoms. The summed E-state index contributed by atoms with van der Waals surface area (Å²) < 4.78 is 0. The quantitative estimate of drug-likeness (QED) is 0.739. The number of piperidine rings is 1. The summed E-state index contributed by atoms with van der Waals surface area (Å²) in [5.74, 6) is -0.743. The van der Waals surface area contributed by atoms with Crippen molar-refractivity contribution in [2.75, 3.05) is 31.1 Å². The summed E-state index contributed by atoms with van der Waals surface area (Å²) >= 11 is 0. The molecule has 3 aliphatic rings. The fourth-order valence-corrected chi connectivity index (χ4v) is 3.66. The average Bonchev–Trinajstić information content (AvgIpc) is 2.92. The van der Waals surface area contributed by atoms with E-state index >= 15 is 0 Å². The minimum Gasteiger partial charge on any atom is -0.369 e. The van der Waals surface area contributed by atoms with Gasteiger partial charge in [-0.2, -0.15) is 0 Å². The summed E-state index contributed by atoms with van der Waals surface area (Å²) in [6, 6.07) is 5.42. The molecule has 3 aliphatic heterocycles. The summed E-state index contributed by atoms with van der Waals surface area (Å²) in [5, 5.41) is 5.65. The van der Waals surface area contributed by atoms with E-state index in [0.717, 1.165) is 37.4 Å². The van der Waals surface area contributed by atoms with Gasteiger partial charge in [0.05, 0.1) is 0 Å². The van der Waals surface area contributed by atoms with Crippen LogP contribution in [0.25, 0.3) is 0 Å². The molecule has 3 amide bonds. The van der Waals surface area contributed by atoms with Gasteiger partial charge in [-0.3, -0.25) is 19.7 Å². The van der Waals surface area contributed by atoms with Gasteiger partial charge < -0.3 is 15.1 Å². The summed E-state index contributed by atoms with van der Waals surface area (Å²) in [7, 11) is 0. The lowest BCUT2D eigenvalue weighted by Gasteiger charge is -2.30. The maximum Gasteiger partial charge on any atom is 0.255 e. The van der Waals surface area contributed by atoms with Gasteiger partial charge in [0.15, 0.2) is 0 Å². The maximum absolute atomic E-state index is 12.8. The molecule has 7 nitrogen and oxygen atoms in total. The van der Waals surface area contributed by atoms with Crippen molar-refractivity contribution in [3.8, 4) is 0 Å². The second-order valence-electron chi connectivity index (χ2n) is 6.48. The Morgan fingerprint density at radius 3 is 2.62 bits per heavy atom. The van der Waals surface area contributed by atoms with E-state index in [4.69, 9.17) is 0 Å². The van der Waals surface area contributed by atoms with E-state index < -0.39 is 6.04 Å². The standard InChI is InChI=1S/C17H20N4O3/c22-15-4-3-14(16(23)19-15)21-10-11-1-2-12(9-13(11)17(21)24)20-7-5-18-6-8-20/h1-2,9,14,18H,3-8,10H2,(H,19,22,23). The molecule has 0 saturated carbocycles. The molecule has 126 valence electrons. The molecule has 2 N–H and O–H groups in total. The van der Waals surface area contributed by atoms with Gasteiger partial charge in [-0.15, -0.1) is 0 Å². The summed E-state index contributed by atoms with van der Waals surface area (Å²) in [4.78, 5) is 40.0. The Bertz CT molecular complexity index is 712. The van der Waals surface area contributed by atoms with E-state index in [9.17, 15) is 14.4 Å². The first kappa shape index (κ1) is 15.1. The van der Waals surface area contributed by atoms with E-state index in [1.54, 1.807) is 4.90 Å². The van der Waals surface area contributed by atoms with E-state index in [1.165, 1.54) is 0 Å². The number of hydrogen-bond acceptors (Lipinski definition) is 5. The molecule has 1 atom stereocenters. The predicted octanol–water partition coefficient (Wildman–Crippen LogP) is -0.143. The first-order valence-electron chi connectivity index (χ1n) is 8.37. The number of fused-ring (bicyclic) bond motifs is 1. The maximum atomic E-state index is 12.8. The molecular weight excluding hydrogens is 308 g/mol. The van der Waals surface area contributed by atoms with Gasteiger partial charge in [-0.1, -0.05) is 6.07 Å². The van der Waals surface area contributed by atoms with Crippen LogP contribution in [0.2, 0.25) is 0 Å². The fraction of sp³-hybridized carbons (Fsp3) is 0.471. The first-order valence-corrected chi connectivity index (χ1v) is 8.37. The third kappa shape index (κ3) is 2.54.